The zero-order valence-electron chi connectivity index (χ0n) is 10.5. The minimum absolute atomic E-state index is 0.126. The number of amides is 1. The van der Waals surface area contributed by atoms with Crippen molar-refractivity contribution >= 4 is 5.91 Å². The molecule has 0 saturated carbocycles. The number of nitriles is 1. The first-order valence-corrected chi connectivity index (χ1v) is 5.38. The molecular formula is C13H14F2N2O. The molecule has 0 aromatic heterocycles. The molecule has 0 aliphatic heterocycles. The normalized spacial score (nSPS) is 10.9. The molecule has 0 unspecified atom stereocenters. The number of benzene rings is 1. The third kappa shape index (κ3) is 3.04. The Bertz CT molecular complexity index is 506. The second-order valence-corrected chi connectivity index (χ2v) is 4.65. The smallest absolute Gasteiger partial charge is 0.242 e. The van der Waals surface area contributed by atoms with E-state index in [1.807, 2.05) is 6.07 Å². The molecule has 1 aromatic rings. The molecular weight excluding hydrogens is 238 g/mol. The molecule has 0 aliphatic rings. The molecule has 1 aromatic carbocycles. The van der Waals surface area contributed by atoms with Gasteiger partial charge in [-0.15, -0.1) is 0 Å². The van der Waals surface area contributed by atoms with Crippen LogP contribution in [0.15, 0.2) is 18.2 Å². The van der Waals surface area contributed by atoms with Crippen LogP contribution in [-0.4, -0.2) is 17.9 Å². The topological polar surface area (TPSA) is 44.1 Å². The monoisotopic (exact) mass is 252 g/mol. The van der Waals surface area contributed by atoms with Gasteiger partial charge in [0, 0.05) is 13.6 Å². The zero-order valence-corrected chi connectivity index (χ0v) is 10.5. The van der Waals surface area contributed by atoms with Crippen molar-refractivity contribution < 1.29 is 13.6 Å². The fraction of sp³-hybridized carbons (Fsp3) is 0.385. The van der Waals surface area contributed by atoms with Gasteiger partial charge in [-0.05, 0) is 31.5 Å². The van der Waals surface area contributed by atoms with Crippen LogP contribution in [0.2, 0.25) is 0 Å². The minimum atomic E-state index is -1.13. The predicted molar refractivity (Wildman–Crippen MR) is 62.2 cm³/mol. The highest BCUT2D eigenvalue weighted by Crippen LogP contribution is 2.18. The van der Waals surface area contributed by atoms with E-state index in [1.54, 1.807) is 0 Å². The molecule has 0 spiro atoms. The van der Waals surface area contributed by atoms with Crippen LogP contribution in [0.4, 0.5) is 8.78 Å². The maximum Gasteiger partial charge on any atom is 0.242 e. The highest BCUT2D eigenvalue weighted by molar-refractivity contribution is 5.84. The van der Waals surface area contributed by atoms with Gasteiger partial charge in [0.15, 0.2) is 11.6 Å². The van der Waals surface area contributed by atoms with Crippen molar-refractivity contribution in [3.8, 4) is 6.07 Å². The highest BCUT2D eigenvalue weighted by atomic mass is 19.2. The fourth-order valence-electron chi connectivity index (χ4n) is 1.51. The van der Waals surface area contributed by atoms with Crippen LogP contribution in [-0.2, 0) is 11.3 Å². The largest absolute Gasteiger partial charge is 0.340 e. The summed E-state index contributed by atoms with van der Waals surface area (Å²) in [5.74, 6) is -2.24. The third-order valence-electron chi connectivity index (χ3n) is 2.56. The van der Waals surface area contributed by atoms with Crippen molar-refractivity contribution in [1.29, 1.82) is 5.26 Å². The third-order valence-corrected chi connectivity index (χ3v) is 2.56. The zero-order chi connectivity index (χ0) is 13.9. The molecule has 3 nitrogen and oxygen atoms in total. The number of halogens is 2. The number of hydrogen-bond acceptors (Lipinski definition) is 2. The Labute approximate surface area is 105 Å². The van der Waals surface area contributed by atoms with Crippen molar-refractivity contribution in [1.82, 2.24) is 4.90 Å². The molecule has 5 heteroatoms. The van der Waals surface area contributed by atoms with Gasteiger partial charge in [-0.3, -0.25) is 4.79 Å². The van der Waals surface area contributed by atoms with Crippen LogP contribution in [0.1, 0.15) is 19.4 Å². The van der Waals surface area contributed by atoms with Gasteiger partial charge in [-0.2, -0.15) is 5.26 Å². The first kappa shape index (κ1) is 14.1. The summed E-state index contributed by atoms with van der Waals surface area (Å²) in [5.41, 5.74) is -0.661. The lowest BCUT2D eigenvalue weighted by molar-refractivity contribution is -0.136. The molecule has 96 valence electrons. The maximum absolute atomic E-state index is 13.0. The molecule has 0 radical (unpaired) electrons. The average Bonchev–Trinajstić information content (AvgIpc) is 2.32. The Kier molecular flexibility index (Phi) is 4.02. The number of rotatable bonds is 3. The first-order chi connectivity index (χ1) is 8.27. The van der Waals surface area contributed by atoms with E-state index >= 15 is 0 Å². The molecule has 0 fully saturated rings. The second kappa shape index (κ2) is 5.13. The Morgan fingerprint density at radius 1 is 1.39 bits per heavy atom. The Balaban J connectivity index is 2.82. The number of nitrogens with zero attached hydrogens (tertiary/aromatic N) is 2. The molecule has 18 heavy (non-hydrogen) atoms. The molecule has 1 rings (SSSR count). The van der Waals surface area contributed by atoms with Gasteiger partial charge in [-0.25, -0.2) is 8.78 Å². The molecule has 1 amide bonds. The average molecular weight is 252 g/mol. The van der Waals surface area contributed by atoms with E-state index in [0.29, 0.717) is 5.56 Å². The van der Waals surface area contributed by atoms with Crippen molar-refractivity contribution in [2.45, 2.75) is 20.4 Å². The van der Waals surface area contributed by atoms with Crippen LogP contribution < -0.4 is 0 Å². The summed E-state index contributed by atoms with van der Waals surface area (Å²) >= 11 is 0. The Hall–Kier alpha value is -1.96. The Morgan fingerprint density at radius 2 is 2.00 bits per heavy atom. The Morgan fingerprint density at radius 3 is 2.50 bits per heavy atom. The van der Waals surface area contributed by atoms with Gasteiger partial charge in [-0.1, -0.05) is 6.07 Å². The van der Waals surface area contributed by atoms with E-state index in [1.165, 1.54) is 31.9 Å². The summed E-state index contributed by atoms with van der Waals surface area (Å²) in [6, 6.07) is 5.36. The van der Waals surface area contributed by atoms with E-state index in [9.17, 15) is 13.6 Å². The number of hydrogen-bond donors (Lipinski definition) is 0. The summed E-state index contributed by atoms with van der Waals surface area (Å²) in [6.07, 6.45) is 0. The molecule has 0 N–H and O–H groups in total. The quantitative estimate of drug-likeness (QED) is 0.829. The van der Waals surface area contributed by atoms with Gasteiger partial charge in [0.25, 0.3) is 0 Å². The summed E-state index contributed by atoms with van der Waals surface area (Å²) < 4.78 is 25.7. The van der Waals surface area contributed by atoms with E-state index < -0.39 is 17.0 Å². The molecule has 0 aliphatic carbocycles. The standard InChI is InChI=1S/C13H14F2N2O/c1-13(2,8-16)12(18)17(3)7-9-4-5-10(14)11(15)6-9/h4-6H,7H2,1-3H3. The number of carbonyl (C=O) groups is 1. The van der Waals surface area contributed by atoms with Crippen molar-refractivity contribution in [2.24, 2.45) is 5.41 Å². The minimum Gasteiger partial charge on any atom is -0.340 e. The molecule has 0 heterocycles. The highest BCUT2D eigenvalue weighted by Gasteiger charge is 2.30. The summed E-state index contributed by atoms with van der Waals surface area (Å²) in [6.45, 7) is 3.15. The number of carbonyl (C=O) groups excluding carboxylic acids is 1. The van der Waals surface area contributed by atoms with Crippen LogP contribution in [0, 0.1) is 28.4 Å². The van der Waals surface area contributed by atoms with Gasteiger partial charge in [0.05, 0.1) is 6.07 Å². The predicted octanol–water partition coefficient (Wildman–Crippen LogP) is 2.47. The molecule has 0 bridgehead atoms. The van der Waals surface area contributed by atoms with Gasteiger partial charge in [0.1, 0.15) is 5.41 Å². The van der Waals surface area contributed by atoms with E-state index in [0.717, 1.165) is 12.1 Å². The van der Waals surface area contributed by atoms with Crippen LogP contribution in [0.5, 0.6) is 0 Å². The summed E-state index contributed by atoms with van der Waals surface area (Å²) in [5, 5.41) is 8.85. The first-order valence-electron chi connectivity index (χ1n) is 5.38. The van der Waals surface area contributed by atoms with E-state index in [-0.39, 0.29) is 12.5 Å². The maximum atomic E-state index is 13.0. The lowest BCUT2D eigenvalue weighted by Gasteiger charge is -2.24. The van der Waals surface area contributed by atoms with Crippen LogP contribution >= 0.6 is 0 Å². The van der Waals surface area contributed by atoms with Gasteiger partial charge in [0.2, 0.25) is 5.91 Å². The van der Waals surface area contributed by atoms with Crippen LogP contribution in [0.3, 0.4) is 0 Å². The molecule has 0 atom stereocenters. The van der Waals surface area contributed by atoms with E-state index in [4.69, 9.17) is 5.26 Å². The summed E-state index contributed by atoms with van der Waals surface area (Å²) in [4.78, 5) is 13.2. The van der Waals surface area contributed by atoms with E-state index in [2.05, 4.69) is 0 Å². The SMILES string of the molecule is CN(Cc1ccc(F)c(F)c1)C(=O)C(C)(C)C#N. The summed E-state index contributed by atoms with van der Waals surface area (Å²) in [7, 11) is 1.52. The van der Waals surface area contributed by atoms with Gasteiger partial charge >= 0.3 is 0 Å². The fourth-order valence-corrected chi connectivity index (χ4v) is 1.51. The van der Waals surface area contributed by atoms with Crippen molar-refractivity contribution in [2.75, 3.05) is 7.05 Å². The lowest BCUT2D eigenvalue weighted by atomic mass is 9.94. The second-order valence-electron chi connectivity index (χ2n) is 4.65. The lowest BCUT2D eigenvalue weighted by Crippen LogP contribution is -2.37. The van der Waals surface area contributed by atoms with Crippen molar-refractivity contribution in [3.63, 3.8) is 0 Å². The van der Waals surface area contributed by atoms with Crippen molar-refractivity contribution in [3.05, 3.63) is 35.4 Å². The van der Waals surface area contributed by atoms with Crippen LogP contribution in [0.25, 0.3) is 0 Å². The molecule has 0 saturated heterocycles. The van der Waals surface area contributed by atoms with Gasteiger partial charge < -0.3 is 4.90 Å².